The summed E-state index contributed by atoms with van der Waals surface area (Å²) in [5.74, 6) is -0.214. The van der Waals surface area contributed by atoms with E-state index in [0.717, 1.165) is 32.1 Å². The van der Waals surface area contributed by atoms with Crippen molar-refractivity contribution < 1.29 is 32.9 Å². The minimum atomic E-state index is -4.33. The summed E-state index contributed by atoms with van der Waals surface area (Å²) in [5, 5.41) is 13.7. The number of carbonyl (C=O) groups is 1. The fourth-order valence-electron chi connectivity index (χ4n) is 5.81. The molecule has 0 aliphatic heterocycles. The molecule has 0 aliphatic rings. The highest BCUT2D eigenvalue weighted by molar-refractivity contribution is 7.47. The number of aliphatic hydroxyl groups excluding tert-OH is 1. The van der Waals surface area contributed by atoms with E-state index in [4.69, 9.17) is 9.05 Å². The van der Waals surface area contributed by atoms with Crippen LogP contribution in [-0.2, 0) is 18.4 Å². The zero-order valence-electron chi connectivity index (χ0n) is 33.4. The third-order valence-electron chi connectivity index (χ3n) is 9.17. The number of amides is 1. The molecule has 1 amide bonds. The fraction of sp³-hybridized carbons (Fsp3) is 0.878. The molecule has 3 N–H and O–H groups in total. The number of allylic oxidation sites excluding steroid dienone is 3. The number of phosphoric ester groups is 1. The summed E-state index contributed by atoms with van der Waals surface area (Å²) in [7, 11) is 1.56. The molecule has 0 saturated heterocycles. The molecule has 0 aromatic heterocycles. The van der Waals surface area contributed by atoms with E-state index in [0.29, 0.717) is 23.9 Å². The number of hydrogen-bond acceptors (Lipinski definition) is 5. The topological polar surface area (TPSA) is 105 Å². The van der Waals surface area contributed by atoms with Crippen LogP contribution >= 0.6 is 7.82 Å². The van der Waals surface area contributed by atoms with E-state index in [-0.39, 0.29) is 19.1 Å². The predicted molar refractivity (Wildman–Crippen MR) is 212 cm³/mol. The van der Waals surface area contributed by atoms with E-state index in [1.165, 1.54) is 122 Å². The SMILES string of the molecule is CCCCCC/C=C\CCCC(=O)NC(COP(=O)(O)OCC[N+](C)(C)C)C(O)/C=C/CCCCCCCCCCCCCCCCCCC. The van der Waals surface area contributed by atoms with Gasteiger partial charge in [0.2, 0.25) is 5.91 Å². The predicted octanol–water partition coefficient (Wildman–Crippen LogP) is 11.0. The van der Waals surface area contributed by atoms with Gasteiger partial charge in [0.15, 0.2) is 0 Å². The molecule has 0 fully saturated rings. The lowest BCUT2D eigenvalue weighted by atomic mass is 10.0. The number of phosphoric acid groups is 1. The number of rotatable bonds is 37. The van der Waals surface area contributed by atoms with Gasteiger partial charge in [0.05, 0.1) is 39.9 Å². The highest BCUT2D eigenvalue weighted by atomic mass is 31.2. The Labute approximate surface area is 309 Å². The van der Waals surface area contributed by atoms with Crippen LogP contribution in [-0.4, -0.2) is 73.4 Å². The molecule has 0 saturated carbocycles. The van der Waals surface area contributed by atoms with Gasteiger partial charge in [-0.25, -0.2) is 4.57 Å². The van der Waals surface area contributed by atoms with Crippen LogP contribution in [0.1, 0.15) is 181 Å². The van der Waals surface area contributed by atoms with Crippen molar-refractivity contribution in [2.45, 2.75) is 193 Å². The van der Waals surface area contributed by atoms with Crippen molar-refractivity contribution in [3.63, 3.8) is 0 Å². The number of quaternary nitrogens is 1. The van der Waals surface area contributed by atoms with E-state index in [2.05, 4.69) is 31.3 Å². The van der Waals surface area contributed by atoms with Gasteiger partial charge in [0.25, 0.3) is 0 Å². The van der Waals surface area contributed by atoms with Crippen molar-refractivity contribution in [2.24, 2.45) is 0 Å². The van der Waals surface area contributed by atoms with Crippen molar-refractivity contribution in [1.29, 1.82) is 0 Å². The second-order valence-electron chi connectivity index (χ2n) is 15.4. The van der Waals surface area contributed by atoms with E-state index in [1.807, 2.05) is 27.2 Å². The van der Waals surface area contributed by atoms with Crippen LogP contribution in [0.2, 0.25) is 0 Å². The zero-order valence-corrected chi connectivity index (χ0v) is 34.3. The van der Waals surface area contributed by atoms with Crippen molar-refractivity contribution >= 4 is 13.7 Å². The third kappa shape index (κ3) is 35.4. The maximum atomic E-state index is 12.7. The van der Waals surface area contributed by atoms with Crippen molar-refractivity contribution in [3.05, 3.63) is 24.3 Å². The van der Waals surface area contributed by atoms with Gasteiger partial charge in [-0.05, 0) is 38.5 Å². The van der Waals surface area contributed by atoms with E-state index >= 15 is 0 Å². The number of aliphatic hydroxyl groups is 1. The van der Waals surface area contributed by atoms with Gasteiger partial charge in [0.1, 0.15) is 13.2 Å². The third-order valence-corrected chi connectivity index (χ3v) is 10.1. The first-order chi connectivity index (χ1) is 24.0. The number of carbonyl (C=O) groups excluding carboxylic acids is 1. The van der Waals surface area contributed by atoms with Gasteiger partial charge in [-0.15, -0.1) is 0 Å². The standard InChI is InChI=1S/C41H81N2O6P/c1-6-8-10-12-14-16-17-18-19-20-21-22-23-24-25-27-28-30-32-34-40(44)39(38-49-50(46,47)48-37-36-43(3,4)5)42-41(45)35-33-31-29-26-15-13-11-9-7-2/h26,29,32,34,39-40,44H,6-25,27-28,30-31,33,35-38H2,1-5H3,(H-,42,45,46,47)/p+1/b29-26-,34-32+. The summed E-state index contributed by atoms with van der Waals surface area (Å²) in [6, 6.07) is -0.856. The summed E-state index contributed by atoms with van der Waals surface area (Å²) < 4.78 is 23.4. The average molecular weight is 730 g/mol. The Morgan fingerprint density at radius 2 is 1.08 bits per heavy atom. The molecular formula is C41H82N2O6P+. The zero-order chi connectivity index (χ0) is 37.2. The number of likely N-dealkylation sites (N-methyl/N-ethyl adjacent to an activating group) is 1. The molecule has 0 bridgehead atoms. The molecule has 8 nitrogen and oxygen atoms in total. The Kier molecular flexibility index (Phi) is 33.1. The molecule has 0 aromatic rings. The van der Waals surface area contributed by atoms with E-state index < -0.39 is 20.0 Å². The normalized spacial score (nSPS) is 14.8. The molecule has 0 rings (SSSR count). The second-order valence-corrected chi connectivity index (χ2v) is 16.8. The first-order valence-corrected chi connectivity index (χ1v) is 22.2. The van der Waals surface area contributed by atoms with E-state index in [1.54, 1.807) is 6.08 Å². The van der Waals surface area contributed by atoms with Gasteiger partial charge in [-0.1, -0.05) is 160 Å². The Morgan fingerprint density at radius 1 is 0.660 bits per heavy atom. The second kappa shape index (κ2) is 33.8. The smallest absolute Gasteiger partial charge is 0.387 e. The molecule has 3 atom stereocenters. The van der Waals surface area contributed by atoms with Gasteiger partial charge in [-0.2, -0.15) is 0 Å². The molecule has 0 heterocycles. The van der Waals surface area contributed by atoms with Crippen LogP contribution in [0, 0.1) is 0 Å². The molecular weight excluding hydrogens is 647 g/mol. The first kappa shape index (κ1) is 49.0. The Balaban J connectivity index is 4.41. The maximum absolute atomic E-state index is 12.7. The van der Waals surface area contributed by atoms with Crippen LogP contribution in [0.25, 0.3) is 0 Å². The lowest BCUT2D eigenvalue weighted by molar-refractivity contribution is -0.870. The quantitative estimate of drug-likeness (QED) is 0.0254. The van der Waals surface area contributed by atoms with Crippen LogP contribution < -0.4 is 5.32 Å². The fourth-order valence-corrected chi connectivity index (χ4v) is 6.54. The highest BCUT2D eigenvalue weighted by Crippen LogP contribution is 2.43. The largest absolute Gasteiger partial charge is 0.472 e. The van der Waals surface area contributed by atoms with Gasteiger partial charge >= 0.3 is 7.82 Å². The van der Waals surface area contributed by atoms with Gasteiger partial charge in [-0.3, -0.25) is 13.8 Å². The van der Waals surface area contributed by atoms with Crippen molar-refractivity contribution in [3.8, 4) is 0 Å². The lowest BCUT2D eigenvalue weighted by Crippen LogP contribution is -2.45. The van der Waals surface area contributed by atoms with Gasteiger partial charge in [0, 0.05) is 6.42 Å². The molecule has 0 spiro atoms. The number of hydrogen-bond donors (Lipinski definition) is 3. The van der Waals surface area contributed by atoms with Gasteiger partial charge < -0.3 is 19.8 Å². The van der Waals surface area contributed by atoms with Crippen LogP contribution in [0.3, 0.4) is 0 Å². The molecule has 296 valence electrons. The van der Waals surface area contributed by atoms with Crippen molar-refractivity contribution in [2.75, 3.05) is 40.9 Å². The molecule has 0 aliphatic carbocycles. The number of unbranched alkanes of at least 4 members (excludes halogenated alkanes) is 22. The Morgan fingerprint density at radius 3 is 1.56 bits per heavy atom. The maximum Gasteiger partial charge on any atom is 0.472 e. The van der Waals surface area contributed by atoms with Crippen LogP contribution in [0.15, 0.2) is 24.3 Å². The minimum Gasteiger partial charge on any atom is -0.387 e. The molecule has 9 heteroatoms. The molecule has 50 heavy (non-hydrogen) atoms. The number of nitrogens with one attached hydrogen (secondary N) is 1. The first-order valence-electron chi connectivity index (χ1n) is 20.7. The molecule has 0 radical (unpaired) electrons. The summed E-state index contributed by atoms with van der Waals surface area (Å²) in [4.78, 5) is 22.9. The molecule has 0 aromatic carbocycles. The minimum absolute atomic E-state index is 0.0578. The summed E-state index contributed by atoms with van der Waals surface area (Å²) in [6.45, 7) is 4.75. The summed E-state index contributed by atoms with van der Waals surface area (Å²) in [5.41, 5.74) is 0. The summed E-state index contributed by atoms with van der Waals surface area (Å²) >= 11 is 0. The lowest BCUT2D eigenvalue weighted by Gasteiger charge is -2.25. The number of nitrogens with zero attached hydrogens (tertiary/aromatic N) is 1. The van der Waals surface area contributed by atoms with Crippen molar-refractivity contribution in [1.82, 2.24) is 5.32 Å². The highest BCUT2D eigenvalue weighted by Gasteiger charge is 2.27. The van der Waals surface area contributed by atoms with Crippen LogP contribution in [0.5, 0.6) is 0 Å². The Bertz CT molecular complexity index is 876. The van der Waals surface area contributed by atoms with E-state index in [9.17, 15) is 19.4 Å². The average Bonchev–Trinajstić information content (AvgIpc) is 3.06. The summed E-state index contributed by atoms with van der Waals surface area (Å²) in [6.07, 6.45) is 38.3. The van der Waals surface area contributed by atoms with Crippen LogP contribution in [0.4, 0.5) is 0 Å². The Hall–Kier alpha value is -1.02. The molecule has 3 unspecified atom stereocenters. The monoisotopic (exact) mass is 730 g/mol.